The molecule has 0 radical (unpaired) electrons. The lowest BCUT2D eigenvalue weighted by Gasteiger charge is -2.32. The maximum atomic E-state index is 12.3. The van der Waals surface area contributed by atoms with Crippen LogP contribution in [0.5, 0.6) is 0 Å². The molecule has 1 aliphatic heterocycles. The van der Waals surface area contributed by atoms with E-state index in [0.29, 0.717) is 24.7 Å². The Balaban J connectivity index is 1.47. The SMILES string of the molecule is CN(Cc1ccon1)c1ccc(C(=O)NCC[C@H]2CCCCN2C)cn1. The summed E-state index contributed by atoms with van der Waals surface area (Å²) in [5.74, 6) is 0.718. The Kier molecular flexibility index (Phi) is 6.22. The van der Waals surface area contributed by atoms with E-state index in [1.165, 1.54) is 19.3 Å². The van der Waals surface area contributed by atoms with Gasteiger partial charge in [-0.25, -0.2) is 4.98 Å². The van der Waals surface area contributed by atoms with Crippen LogP contribution in [-0.2, 0) is 6.54 Å². The van der Waals surface area contributed by atoms with Crippen LogP contribution in [0.2, 0.25) is 0 Å². The van der Waals surface area contributed by atoms with E-state index < -0.39 is 0 Å². The van der Waals surface area contributed by atoms with Crippen molar-refractivity contribution in [1.29, 1.82) is 0 Å². The van der Waals surface area contributed by atoms with Gasteiger partial charge >= 0.3 is 0 Å². The summed E-state index contributed by atoms with van der Waals surface area (Å²) in [4.78, 5) is 21.0. The van der Waals surface area contributed by atoms with E-state index in [1.54, 1.807) is 12.5 Å². The summed E-state index contributed by atoms with van der Waals surface area (Å²) in [6.07, 6.45) is 7.96. The van der Waals surface area contributed by atoms with Crippen molar-refractivity contribution in [3.8, 4) is 0 Å². The first-order valence-corrected chi connectivity index (χ1v) is 9.18. The van der Waals surface area contributed by atoms with E-state index in [4.69, 9.17) is 4.52 Å². The highest BCUT2D eigenvalue weighted by Crippen LogP contribution is 2.17. The number of hydrogen-bond acceptors (Lipinski definition) is 6. The number of nitrogens with zero attached hydrogens (tertiary/aromatic N) is 4. The Morgan fingerprint density at radius 3 is 2.96 bits per heavy atom. The van der Waals surface area contributed by atoms with Gasteiger partial charge in [0.1, 0.15) is 17.8 Å². The van der Waals surface area contributed by atoms with Gasteiger partial charge in [0.2, 0.25) is 0 Å². The lowest BCUT2D eigenvalue weighted by atomic mass is 10.0. The summed E-state index contributed by atoms with van der Waals surface area (Å²) >= 11 is 0. The van der Waals surface area contributed by atoms with Gasteiger partial charge in [-0.1, -0.05) is 11.6 Å². The minimum atomic E-state index is -0.0679. The van der Waals surface area contributed by atoms with Gasteiger partial charge in [-0.05, 0) is 45.0 Å². The molecule has 1 fully saturated rings. The highest BCUT2D eigenvalue weighted by Gasteiger charge is 2.18. The zero-order valence-corrected chi connectivity index (χ0v) is 15.5. The first kappa shape index (κ1) is 18.4. The standard InChI is InChI=1S/C19H27N5O2/c1-23-11-4-3-5-17(23)8-10-20-19(25)15-6-7-18(21-13-15)24(2)14-16-9-12-26-22-16/h6-7,9,12-13,17H,3-5,8,10-11,14H2,1-2H3,(H,20,25)/t17-/m1/s1. The van der Waals surface area contributed by atoms with Crippen molar-refractivity contribution < 1.29 is 9.32 Å². The van der Waals surface area contributed by atoms with Gasteiger partial charge in [-0.3, -0.25) is 4.79 Å². The Hall–Kier alpha value is -2.41. The number of pyridine rings is 1. The number of nitrogens with one attached hydrogen (secondary N) is 1. The molecule has 7 nitrogen and oxygen atoms in total. The van der Waals surface area contributed by atoms with Crippen molar-refractivity contribution >= 4 is 11.7 Å². The zero-order valence-electron chi connectivity index (χ0n) is 15.5. The van der Waals surface area contributed by atoms with E-state index in [-0.39, 0.29) is 5.91 Å². The number of amides is 1. The topological polar surface area (TPSA) is 74.5 Å². The van der Waals surface area contributed by atoms with Crippen LogP contribution in [0.25, 0.3) is 0 Å². The van der Waals surface area contributed by atoms with Crippen LogP contribution in [0, 0.1) is 0 Å². The number of rotatable bonds is 7. The van der Waals surface area contributed by atoms with E-state index in [9.17, 15) is 4.79 Å². The first-order valence-electron chi connectivity index (χ1n) is 9.18. The molecule has 2 aromatic heterocycles. The van der Waals surface area contributed by atoms with Crippen LogP contribution in [-0.4, -0.2) is 54.2 Å². The molecule has 26 heavy (non-hydrogen) atoms. The Morgan fingerprint density at radius 1 is 1.38 bits per heavy atom. The lowest BCUT2D eigenvalue weighted by molar-refractivity contribution is 0.0945. The molecular formula is C19H27N5O2. The number of anilines is 1. The minimum Gasteiger partial charge on any atom is -0.364 e. The maximum Gasteiger partial charge on any atom is 0.252 e. The number of hydrogen-bond donors (Lipinski definition) is 1. The molecular weight excluding hydrogens is 330 g/mol. The molecule has 0 unspecified atom stereocenters. The molecule has 0 spiro atoms. The van der Waals surface area contributed by atoms with Gasteiger partial charge in [0.15, 0.2) is 0 Å². The third-order valence-corrected chi connectivity index (χ3v) is 4.98. The second-order valence-electron chi connectivity index (χ2n) is 6.93. The summed E-state index contributed by atoms with van der Waals surface area (Å²) in [6.45, 7) is 2.46. The quantitative estimate of drug-likeness (QED) is 0.820. The smallest absolute Gasteiger partial charge is 0.252 e. The van der Waals surface area contributed by atoms with Crippen molar-refractivity contribution in [3.05, 3.63) is 41.9 Å². The molecule has 1 amide bonds. The maximum absolute atomic E-state index is 12.3. The summed E-state index contributed by atoms with van der Waals surface area (Å²) in [5.41, 5.74) is 1.42. The molecule has 1 saturated heterocycles. The van der Waals surface area contributed by atoms with Gasteiger partial charge in [0, 0.05) is 31.9 Å². The number of piperidine rings is 1. The van der Waals surface area contributed by atoms with Crippen LogP contribution in [0.3, 0.4) is 0 Å². The second-order valence-corrected chi connectivity index (χ2v) is 6.93. The highest BCUT2D eigenvalue weighted by atomic mass is 16.5. The summed E-state index contributed by atoms with van der Waals surface area (Å²) in [6, 6.07) is 6.06. The lowest BCUT2D eigenvalue weighted by Crippen LogP contribution is -2.39. The average molecular weight is 357 g/mol. The van der Waals surface area contributed by atoms with E-state index in [0.717, 1.165) is 24.5 Å². The summed E-state index contributed by atoms with van der Waals surface area (Å²) < 4.78 is 4.84. The van der Waals surface area contributed by atoms with E-state index in [2.05, 4.69) is 27.4 Å². The van der Waals surface area contributed by atoms with Crippen LogP contribution in [0.15, 0.2) is 35.2 Å². The molecule has 3 rings (SSSR count). The zero-order chi connectivity index (χ0) is 18.4. The summed E-state index contributed by atoms with van der Waals surface area (Å²) in [5, 5.41) is 6.90. The Bertz CT molecular complexity index is 686. The van der Waals surface area contributed by atoms with Crippen LogP contribution in [0.4, 0.5) is 5.82 Å². The first-order chi connectivity index (χ1) is 12.6. The predicted octanol–water partition coefficient (Wildman–Crippen LogP) is 2.31. The van der Waals surface area contributed by atoms with Gasteiger partial charge in [0.05, 0.1) is 12.1 Å². The van der Waals surface area contributed by atoms with Gasteiger partial charge in [0.25, 0.3) is 5.91 Å². The molecule has 0 bridgehead atoms. The van der Waals surface area contributed by atoms with Gasteiger partial charge < -0.3 is 19.6 Å². The van der Waals surface area contributed by atoms with E-state index >= 15 is 0 Å². The molecule has 7 heteroatoms. The second kappa shape index (κ2) is 8.80. The predicted molar refractivity (Wildman–Crippen MR) is 100 cm³/mol. The Labute approximate surface area is 154 Å². The third kappa shape index (κ3) is 4.82. The minimum absolute atomic E-state index is 0.0679. The third-order valence-electron chi connectivity index (χ3n) is 4.98. The molecule has 0 aromatic carbocycles. The van der Waals surface area contributed by atoms with Crippen molar-refractivity contribution in [2.24, 2.45) is 0 Å². The number of carbonyl (C=O) groups is 1. The number of likely N-dealkylation sites (tertiary alicyclic amines) is 1. The molecule has 0 saturated carbocycles. The monoisotopic (exact) mass is 357 g/mol. The molecule has 2 aromatic rings. The van der Waals surface area contributed by atoms with Crippen LogP contribution < -0.4 is 10.2 Å². The fourth-order valence-electron chi connectivity index (χ4n) is 3.35. The fraction of sp³-hybridized carbons (Fsp3) is 0.526. The van der Waals surface area contributed by atoms with Crippen LogP contribution in [0.1, 0.15) is 41.7 Å². The number of aromatic nitrogens is 2. The summed E-state index contributed by atoms with van der Waals surface area (Å²) in [7, 11) is 4.10. The van der Waals surface area contributed by atoms with Crippen molar-refractivity contribution in [2.45, 2.75) is 38.3 Å². The fourth-order valence-corrected chi connectivity index (χ4v) is 3.35. The molecule has 140 valence electrons. The van der Waals surface area contributed by atoms with Gasteiger partial charge in [-0.2, -0.15) is 0 Å². The van der Waals surface area contributed by atoms with Gasteiger partial charge in [-0.15, -0.1) is 0 Å². The van der Waals surface area contributed by atoms with Crippen molar-refractivity contribution in [2.75, 3.05) is 32.1 Å². The van der Waals surface area contributed by atoms with E-state index in [1.807, 2.05) is 30.1 Å². The molecule has 1 N–H and O–H groups in total. The van der Waals surface area contributed by atoms with Crippen molar-refractivity contribution in [1.82, 2.24) is 20.4 Å². The molecule has 1 atom stereocenters. The molecule has 0 aliphatic carbocycles. The normalized spacial score (nSPS) is 17.8. The highest BCUT2D eigenvalue weighted by molar-refractivity contribution is 5.94. The Morgan fingerprint density at radius 2 is 2.27 bits per heavy atom. The van der Waals surface area contributed by atoms with Crippen molar-refractivity contribution in [3.63, 3.8) is 0 Å². The molecule has 1 aliphatic rings. The average Bonchev–Trinajstić information content (AvgIpc) is 3.16. The largest absolute Gasteiger partial charge is 0.364 e. The number of carbonyl (C=O) groups excluding carboxylic acids is 1. The van der Waals surface area contributed by atoms with Crippen LogP contribution >= 0.6 is 0 Å². The molecule has 3 heterocycles.